The molecule has 14 heavy (non-hydrogen) atoms. The predicted octanol–water partition coefficient (Wildman–Crippen LogP) is 2.24. The van der Waals surface area contributed by atoms with E-state index in [2.05, 4.69) is 0 Å². The van der Waals surface area contributed by atoms with Crippen molar-refractivity contribution in [2.75, 3.05) is 14.1 Å². The molecule has 0 amide bonds. The maximum absolute atomic E-state index is 13.2. The fraction of sp³-hybridized carbons (Fsp3) is 0.182. The number of allylic oxidation sites excluding steroid dienone is 1. The van der Waals surface area contributed by atoms with E-state index in [4.69, 9.17) is 0 Å². The van der Waals surface area contributed by atoms with E-state index in [1.165, 1.54) is 4.90 Å². The van der Waals surface area contributed by atoms with Crippen molar-refractivity contribution >= 4 is 5.78 Å². The average Bonchev–Trinajstić information content (AvgIpc) is 2.17. The summed E-state index contributed by atoms with van der Waals surface area (Å²) in [5.74, 6) is -1.33. The van der Waals surface area contributed by atoms with Crippen molar-refractivity contribution in [3.05, 3.63) is 47.9 Å². The first kappa shape index (κ1) is 10.4. The lowest BCUT2D eigenvalue weighted by molar-refractivity contribution is 0.100. The average molecular weight is 193 g/mol. The summed E-state index contributed by atoms with van der Waals surface area (Å²) in [6.45, 7) is 0. The first-order valence-corrected chi connectivity index (χ1v) is 4.25. The molecule has 0 aliphatic rings. The molecule has 1 aromatic rings. The molecule has 3 heteroatoms. The Hall–Kier alpha value is -1.64. The number of hydrogen-bond donors (Lipinski definition) is 0. The Morgan fingerprint density at radius 1 is 1.29 bits per heavy atom. The SMILES string of the molecule is CN(C)/C=C(/F)C(=O)c1ccccc1. The fourth-order valence-corrected chi connectivity index (χ4v) is 1.01. The van der Waals surface area contributed by atoms with E-state index in [0.29, 0.717) is 5.56 Å². The predicted molar refractivity (Wildman–Crippen MR) is 53.7 cm³/mol. The molecule has 2 nitrogen and oxygen atoms in total. The second kappa shape index (κ2) is 4.56. The van der Waals surface area contributed by atoms with Crippen LogP contribution in [0.1, 0.15) is 10.4 Å². The van der Waals surface area contributed by atoms with E-state index in [1.54, 1.807) is 44.4 Å². The molecule has 0 aliphatic carbocycles. The molecule has 1 aromatic carbocycles. The van der Waals surface area contributed by atoms with Gasteiger partial charge in [0.25, 0.3) is 0 Å². The number of carbonyl (C=O) groups is 1. The summed E-state index contributed by atoms with van der Waals surface area (Å²) in [6.07, 6.45) is 1.16. The summed E-state index contributed by atoms with van der Waals surface area (Å²) < 4.78 is 13.2. The van der Waals surface area contributed by atoms with Crippen molar-refractivity contribution in [3.63, 3.8) is 0 Å². The smallest absolute Gasteiger partial charge is 0.222 e. The van der Waals surface area contributed by atoms with Crippen molar-refractivity contribution < 1.29 is 9.18 Å². The lowest BCUT2D eigenvalue weighted by Crippen LogP contribution is -2.06. The molecule has 0 saturated heterocycles. The highest BCUT2D eigenvalue weighted by Gasteiger charge is 2.10. The number of halogens is 1. The molecule has 0 bridgehead atoms. The standard InChI is InChI=1S/C11H12FNO/c1-13(2)8-10(12)11(14)9-6-4-3-5-7-9/h3-8H,1-2H3/b10-8+. The third kappa shape index (κ3) is 2.69. The molecule has 0 atom stereocenters. The van der Waals surface area contributed by atoms with Gasteiger partial charge in [-0.2, -0.15) is 0 Å². The lowest BCUT2D eigenvalue weighted by atomic mass is 10.1. The monoisotopic (exact) mass is 193 g/mol. The summed E-state index contributed by atoms with van der Waals surface area (Å²) in [4.78, 5) is 12.9. The van der Waals surface area contributed by atoms with Gasteiger partial charge < -0.3 is 4.90 Å². The Bertz CT molecular complexity index is 344. The third-order valence-electron chi connectivity index (χ3n) is 1.62. The van der Waals surface area contributed by atoms with Crippen molar-refractivity contribution in [1.29, 1.82) is 0 Å². The lowest BCUT2D eigenvalue weighted by Gasteiger charge is -2.04. The van der Waals surface area contributed by atoms with Crippen molar-refractivity contribution in [3.8, 4) is 0 Å². The molecule has 0 heterocycles. The zero-order valence-electron chi connectivity index (χ0n) is 8.20. The first-order chi connectivity index (χ1) is 6.61. The van der Waals surface area contributed by atoms with E-state index >= 15 is 0 Å². The molecule has 0 spiro atoms. The minimum atomic E-state index is -0.749. The van der Waals surface area contributed by atoms with Crippen LogP contribution >= 0.6 is 0 Å². The topological polar surface area (TPSA) is 20.3 Å². The molecule has 0 saturated carbocycles. The van der Waals surface area contributed by atoms with Crippen LogP contribution in [0.3, 0.4) is 0 Å². The third-order valence-corrected chi connectivity index (χ3v) is 1.62. The minimum Gasteiger partial charge on any atom is -0.381 e. The largest absolute Gasteiger partial charge is 0.381 e. The van der Waals surface area contributed by atoms with Crippen molar-refractivity contribution in [2.45, 2.75) is 0 Å². The van der Waals surface area contributed by atoms with E-state index < -0.39 is 11.6 Å². The summed E-state index contributed by atoms with van der Waals surface area (Å²) >= 11 is 0. The quantitative estimate of drug-likeness (QED) is 0.542. The summed E-state index contributed by atoms with van der Waals surface area (Å²) in [5.41, 5.74) is 0.364. The highest BCUT2D eigenvalue weighted by atomic mass is 19.1. The molecule has 1 rings (SSSR count). The van der Waals surface area contributed by atoms with Crippen molar-refractivity contribution in [2.24, 2.45) is 0 Å². The number of rotatable bonds is 3. The Morgan fingerprint density at radius 3 is 2.36 bits per heavy atom. The van der Waals surface area contributed by atoms with E-state index in [-0.39, 0.29) is 0 Å². The number of ketones is 1. The Balaban J connectivity index is 2.87. The minimum absolute atomic E-state index is 0.364. The second-order valence-electron chi connectivity index (χ2n) is 3.14. The number of Topliss-reactive ketones (excluding diaryl/α,β-unsaturated/α-hetero) is 1. The van der Waals surface area contributed by atoms with E-state index in [9.17, 15) is 9.18 Å². The maximum atomic E-state index is 13.2. The Kier molecular flexibility index (Phi) is 3.40. The molecule has 0 aromatic heterocycles. The van der Waals surface area contributed by atoms with Gasteiger partial charge in [-0.25, -0.2) is 4.39 Å². The summed E-state index contributed by atoms with van der Waals surface area (Å²) in [6, 6.07) is 8.37. The van der Waals surface area contributed by atoms with Gasteiger partial charge in [0.15, 0.2) is 5.83 Å². The molecule has 0 fully saturated rings. The van der Waals surface area contributed by atoms with Crippen LogP contribution in [0.15, 0.2) is 42.4 Å². The van der Waals surface area contributed by atoms with Gasteiger partial charge in [0.05, 0.1) is 0 Å². The van der Waals surface area contributed by atoms with Crippen LogP contribution in [-0.2, 0) is 0 Å². The number of hydrogen-bond acceptors (Lipinski definition) is 2. The van der Waals surface area contributed by atoms with Gasteiger partial charge >= 0.3 is 0 Å². The van der Waals surface area contributed by atoms with Crippen LogP contribution in [-0.4, -0.2) is 24.8 Å². The van der Waals surface area contributed by atoms with Gasteiger partial charge in [-0.15, -0.1) is 0 Å². The van der Waals surface area contributed by atoms with E-state index in [1.807, 2.05) is 0 Å². The first-order valence-electron chi connectivity index (χ1n) is 4.25. The fourth-order valence-electron chi connectivity index (χ4n) is 1.01. The van der Waals surface area contributed by atoms with Gasteiger partial charge in [0, 0.05) is 25.9 Å². The number of carbonyl (C=O) groups excluding carboxylic acids is 1. The summed E-state index contributed by atoms with van der Waals surface area (Å²) in [5, 5.41) is 0. The Labute approximate surface area is 82.7 Å². The summed E-state index contributed by atoms with van der Waals surface area (Å²) in [7, 11) is 3.33. The molecule has 0 unspecified atom stereocenters. The van der Waals surface area contributed by atoms with Gasteiger partial charge in [-0.3, -0.25) is 4.79 Å². The van der Waals surface area contributed by atoms with Crippen LogP contribution in [0.5, 0.6) is 0 Å². The Morgan fingerprint density at radius 2 is 1.86 bits per heavy atom. The highest BCUT2D eigenvalue weighted by Crippen LogP contribution is 2.09. The molecule has 0 radical (unpaired) electrons. The van der Waals surface area contributed by atoms with Gasteiger partial charge in [0.2, 0.25) is 5.78 Å². The molecule has 0 aliphatic heterocycles. The van der Waals surface area contributed by atoms with Gasteiger partial charge in [0.1, 0.15) is 0 Å². The molecular formula is C11H12FNO. The van der Waals surface area contributed by atoms with Crippen LogP contribution in [0.4, 0.5) is 4.39 Å². The second-order valence-corrected chi connectivity index (χ2v) is 3.14. The van der Waals surface area contributed by atoms with Gasteiger partial charge in [-0.05, 0) is 0 Å². The van der Waals surface area contributed by atoms with Crippen LogP contribution in [0.25, 0.3) is 0 Å². The zero-order valence-corrected chi connectivity index (χ0v) is 8.20. The maximum Gasteiger partial charge on any atom is 0.222 e. The van der Waals surface area contributed by atoms with Gasteiger partial charge in [-0.1, -0.05) is 30.3 Å². The van der Waals surface area contributed by atoms with Crippen LogP contribution < -0.4 is 0 Å². The number of nitrogens with zero attached hydrogens (tertiary/aromatic N) is 1. The normalized spacial score (nSPS) is 11.2. The molecule has 74 valence electrons. The zero-order chi connectivity index (χ0) is 10.6. The van der Waals surface area contributed by atoms with E-state index in [0.717, 1.165) is 6.20 Å². The molecule has 0 N–H and O–H groups in total. The number of benzene rings is 1. The molecular weight excluding hydrogens is 181 g/mol. The van der Waals surface area contributed by atoms with Crippen LogP contribution in [0, 0.1) is 0 Å². The highest BCUT2D eigenvalue weighted by molar-refractivity contribution is 6.06. The van der Waals surface area contributed by atoms with Crippen LogP contribution in [0.2, 0.25) is 0 Å². The van der Waals surface area contributed by atoms with Crippen molar-refractivity contribution in [1.82, 2.24) is 4.90 Å².